The second-order valence-electron chi connectivity index (χ2n) is 3.59. The minimum absolute atomic E-state index is 0.0986. The number of benzene rings is 1. The quantitative estimate of drug-likeness (QED) is 0.332. The molecular weight excluding hydrogens is 264 g/mol. The molecule has 0 bridgehead atoms. The van der Waals surface area contributed by atoms with Gasteiger partial charge in [-0.3, -0.25) is 0 Å². The lowest BCUT2D eigenvalue weighted by Crippen LogP contribution is -2.09. The highest BCUT2D eigenvalue weighted by atomic mass is 32.2. The number of para-hydroxylation sites is 1. The molecule has 2 rings (SSSR count). The summed E-state index contributed by atoms with van der Waals surface area (Å²) in [7, 11) is 0. The highest BCUT2D eigenvalue weighted by Gasteiger charge is 2.08. The van der Waals surface area contributed by atoms with E-state index in [2.05, 4.69) is 15.4 Å². The SMILES string of the molecule is CSc1nc(NN)cc(Oc2ccccc2CO)n1. The Hall–Kier alpha value is -1.83. The van der Waals surface area contributed by atoms with Gasteiger partial charge in [0.05, 0.1) is 6.61 Å². The van der Waals surface area contributed by atoms with Gasteiger partial charge in [-0.15, -0.1) is 0 Å². The second-order valence-corrected chi connectivity index (χ2v) is 4.36. The van der Waals surface area contributed by atoms with Crippen molar-refractivity contribution in [3.63, 3.8) is 0 Å². The molecule has 19 heavy (non-hydrogen) atoms. The molecule has 1 aromatic carbocycles. The van der Waals surface area contributed by atoms with Gasteiger partial charge in [-0.1, -0.05) is 30.0 Å². The lowest BCUT2D eigenvalue weighted by Gasteiger charge is -2.10. The summed E-state index contributed by atoms with van der Waals surface area (Å²) in [5, 5.41) is 9.80. The van der Waals surface area contributed by atoms with Gasteiger partial charge in [0.2, 0.25) is 5.88 Å². The van der Waals surface area contributed by atoms with Crippen LogP contribution in [0.4, 0.5) is 5.82 Å². The minimum atomic E-state index is -0.0986. The summed E-state index contributed by atoms with van der Waals surface area (Å²) in [6.07, 6.45) is 1.86. The van der Waals surface area contributed by atoms with Gasteiger partial charge in [0, 0.05) is 11.6 Å². The van der Waals surface area contributed by atoms with Crippen LogP contribution in [-0.4, -0.2) is 21.3 Å². The number of hydrogen-bond acceptors (Lipinski definition) is 7. The van der Waals surface area contributed by atoms with Gasteiger partial charge in [0.25, 0.3) is 0 Å². The van der Waals surface area contributed by atoms with Crippen LogP contribution in [0.25, 0.3) is 0 Å². The Morgan fingerprint density at radius 3 is 2.84 bits per heavy atom. The Balaban J connectivity index is 2.32. The lowest BCUT2D eigenvalue weighted by atomic mass is 10.2. The molecule has 1 aromatic heterocycles. The number of aliphatic hydroxyl groups is 1. The van der Waals surface area contributed by atoms with Crippen LogP contribution in [0.2, 0.25) is 0 Å². The van der Waals surface area contributed by atoms with Crippen molar-refractivity contribution in [3.05, 3.63) is 35.9 Å². The molecule has 0 unspecified atom stereocenters. The molecule has 7 heteroatoms. The zero-order chi connectivity index (χ0) is 13.7. The number of rotatable bonds is 5. The van der Waals surface area contributed by atoms with E-state index in [0.29, 0.717) is 28.2 Å². The van der Waals surface area contributed by atoms with Gasteiger partial charge in [-0.05, 0) is 12.3 Å². The molecule has 0 radical (unpaired) electrons. The van der Waals surface area contributed by atoms with E-state index in [1.807, 2.05) is 18.4 Å². The molecule has 1 heterocycles. The molecule has 0 spiro atoms. The van der Waals surface area contributed by atoms with Crippen LogP contribution in [0.1, 0.15) is 5.56 Å². The number of nitrogens with two attached hydrogens (primary N) is 1. The normalized spacial score (nSPS) is 10.3. The van der Waals surface area contributed by atoms with Gasteiger partial charge >= 0.3 is 0 Å². The van der Waals surface area contributed by atoms with Crippen molar-refractivity contribution in [2.24, 2.45) is 5.84 Å². The molecule has 100 valence electrons. The van der Waals surface area contributed by atoms with Gasteiger partial charge < -0.3 is 15.3 Å². The molecule has 0 amide bonds. The lowest BCUT2D eigenvalue weighted by molar-refractivity contribution is 0.276. The summed E-state index contributed by atoms with van der Waals surface area (Å²) in [6, 6.07) is 8.80. The molecule has 6 nitrogen and oxygen atoms in total. The molecule has 0 aliphatic heterocycles. The maximum atomic E-state index is 9.25. The number of hydrogen-bond donors (Lipinski definition) is 3. The van der Waals surface area contributed by atoms with Crippen molar-refractivity contribution in [2.45, 2.75) is 11.8 Å². The summed E-state index contributed by atoms with van der Waals surface area (Å²) in [5.41, 5.74) is 3.15. The van der Waals surface area contributed by atoms with Gasteiger partial charge in [0.15, 0.2) is 5.16 Å². The van der Waals surface area contributed by atoms with E-state index in [1.165, 1.54) is 11.8 Å². The largest absolute Gasteiger partial charge is 0.438 e. The summed E-state index contributed by atoms with van der Waals surface area (Å²) in [6.45, 7) is -0.0986. The van der Waals surface area contributed by atoms with E-state index in [9.17, 15) is 5.11 Å². The van der Waals surface area contributed by atoms with Crippen molar-refractivity contribution >= 4 is 17.6 Å². The molecule has 0 atom stereocenters. The third-order valence-electron chi connectivity index (χ3n) is 2.37. The predicted octanol–water partition coefficient (Wildman–Crippen LogP) is 1.77. The molecular formula is C12H14N4O2S. The standard InChI is InChI=1S/C12H14N4O2S/c1-19-12-14-10(16-13)6-11(15-12)18-9-5-3-2-4-8(9)7-17/h2-6,17H,7,13H2,1H3,(H,14,15,16). The molecule has 0 saturated heterocycles. The summed E-state index contributed by atoms with van der Waals surface area (Å²) < 4.78 is 5.67. The smallest absolute Gasteiger partial charge is 0.225 e. The second kappa shape index (κ2) is 6.37. The fraction of sp³-hybridized carbons (Fsp3) is 0.167. The predicted molar refractivity (Wildman–Crippen MR) is 74.1 cm³/mol. The van der Waals surface area contributed by atoms with E-state index >= 15 is 0 Å². The van der Waals surface area contributed by atoms with Gasteiger partial charge in [0.1, 0.15) is 11.6 Å². The van der Waals surface area contributed by atoms with Crippen LogP contribution >= 0.6 is 11.8 Å². The van der Waals surface area contributed by atoms with Crippen molar-refractivity contribution in [3.8, 4) is 11.6 Å². The third kappa shape index (κ3) is 3.34. The van der Waals surface area contributed by atoms with Crippen LogP contribution in [0, 0.1) is 0 Å². The topological polar surface area (TPSA) is 93.3 Å². The Morgan fingerprint density at radius 1 is 1.37 bits per heavy atom. The Morgan fingerprint density at radius 2 is 2.16 bits per heavy atom. The van der Waals surface area contributed by atoms with E-state index in [0.717, 1.165) is 0 Å². The number of aliphatic hydroxyl groups excluding tert-OH is 1. The highest BCUT2D eigenvalue weighted by molar-refractivity contribution is 7.98. The molecule has 0 fully saturated rings. The number of anilines is 1. The van der Waals surface area contributed by atoms with E-state index in [1.54, 1.807) is 18.2 Å². The minimum Gasteiger partial charge on any atom is -0.438 e. The first-order valence-corrected chi connectivity index (χ1v) is 6.75. The first kappa shape index (κ1) is 13.6. The first-order valence-electron chi connectivity index (χ1n) is 5.53. The number of aromatic nitrogens is 2. The number of nitrogens with zero attached hydrogens (tertiary/aromatic N) is 2. The zero-order valence-corrected chi connectivity index (χ0v) is 11.1. The zero-order valence-electron chi connectivity index (χ0n) is 10.3. The van der Waals surface area contributed by atoms with Crippen LogP contribution < -0.4 is 16.0 Å². The molecule has 2 aromatic rings. The Kier molecular flexibility index (Phi) is 4.56. The average Bonchev–Trinajstić information content (AvgIpc) is 2.47. The highest BCUT2D eigenvalue weighted by Crippen LogP contribution is 2.26. The van der Waals surface area contributed by atoms with Crippen LogP contribution in [-0.2, 0) is 6.61 Å². The fourth-order valence-electron chi connectivity index (χ4n) is 1.47. The van der Waals surface area contributed by atoms with E-state index < -0.39 is 0 Å². The third-order valence-corrected chi connectivity index (χ3v) is 2.92. The van der Waals surface area contributed by atoms with Crippen LogP contribution in [0.5, 0.6) is 11.6 Å². The molecule has 0 aliphatic carbocycles. The summed E-state index contributed by atoms with van der Waals surface area (Å²) >= 11 is 1.39. The fourth-order valence-corrected chi connectivity index (χ4v) is 1.84. The number of hydrazine groups is 1. The molecule has 0 saturated carbocycles. The Bertz CT molecular complexity index is 543. The maximum Gasteiger partial charge on any atom is 0.225 e. The first-order chi connectivity index (χ1) is 9.26. The van der Waals surface area contributed by atoms with Crippen LogP contribution in [0.3, 0.4) is 0 Å². The summed E-state index contributed by atoms with van der Waals surface area (Å²) in [4.78, 5) is 8.36. The monoisotopic (exact) mass is 278 g/mol. The average molecular weight is 278 g/mol. The maximum absolute atomic E-state index is 9.25. The van der Waals surface area contributed by atoms with Gasteiger partial charge in [-0.25, -0.2) is 10.8 Å². The van der Waals surface area contributed by atoms with Crippen molar-refractivity contribution in [1.82, 2.24) is 9.97 Å². The van der Waals surface area contributed by atoms with Crippen LogP contribution in [0.15, 0.2) is 35.5 Å². The number of nitrogens with one attached hydrogen (secondary N) is 1. The van der Waals surface area contributed by atoms with E-state index in [4.69, 9.17) is 10.6 Å². The van der Waals surface area contributed by atoms with Crippen molar-refractivity contribution in [1.29, 1.82) is 0 Å². The van der Waals surface area contributed by atoms with Gasteiger partial charge in [-0.2, -0.15) is 4.98 Å². The Labute approximate surface area is 115 Å². The molecule has 0 aliphatic rings. The van der Waals surface area contributed by atoms with E-state index in [-0.39, 0.29) is 6.61 Å². The summed E-state index contributed by atoms with van der Waals surface area (Å²) in [5.74, 6) is 6.74. The number of ether oxygens (including phenoxy) is 1. The van der Waals surface area contributed by atoms with Crippen molar-refractivity contribution in [2.75, 3.05) is 11.7 Å². The number of nitrogen functional groups attached to an aromatic ring is 1. The van der Waals surface area contributed by atoms with Crippen molar-refractivity contribution < 1.29 is 9.84 Å². The number of thioether (sulfide) groups is 1. The molecule has 4 N–H and O–H groups in total.